The SMILES string of the molecule is C/C(=N/NC(=O)c1ccc(C(C)C)cc1)c1cccc(NC(=O)C(F)(F)F)c1. The Bertz CT molecular complexity index is 888. The van der Waals surface area contributed by atoms with Gasteiger partial charge in [-0.1, -0.05) is 38.1 Å². The molecule has 0 fully saturated rings. The summed E-state index contributed by atoms with van der Waals surface area (Å²) < 4.78 is 37.1. The number of carbonyl (C=O) groups is 2. The highest BCUT2D eigenvalue weighted by atomic mass is 19.4. The topological polar surface area (TPSA) is 70.6 Å². The summed E-state index contributed by atoms with van der Waals surface area (Å²) in [5.41, 5.74) is 4.76. The molecule has 0 spiro atoms. The molecule has 8 heteroatoms. The maximum absolute atomic E-state index is 12.4. The van der Waals surface area contributed by atoms with Gasteiger partial charge in [0.25, 0.3) is 5.91 Å². The van der Waals surface area contributed by atoms with E-state index in [-0.39, 0.29) is 5.69 Å². The highest BCUT2D eigenvalue weighted by molar-refractivity contribution is 6.02. The van der Waals surface area contributed by atoms with Crippen molar-refractivity contribution in [1.29, 1.82) is 0 Å². The third kappa shape index (κ3) is 5.67. The van der Waals surface area contributed by atoms with Crippen molar-refractivity contribution in [3.63, 3.8) is 0 Å². The fraction of sp³-hybridized carbons (Fsp3) is 0.250. The van der Waals surface area contributed by atoms with Gasteiger partial charge in [-0.3, -0.25) is 9.59 Å². The lowest BCUT2D eigenvalue weighted by Gasteiger charge is -2.09. The first-order chi connectivity index (χ1) is 13.1. The van der Waals surface area contributed by atoms with Crippen LogP contribution in [0.15, 0.2) is 53.6 Å². The minimum atomic E-state index is -4.97. The lowest BCUT2D eigenvalue weighted by atomic mass is 10.0. The number of anilines is 1. The fourth-order valence-corrected chi connectivity index (χ4v) is 2.31. The molecule has 0 saturated heterocycles. The summed E-state index contributed by atoms with van der Waals surface area (Å²) in [6.45, 7) is 5.69. The number of nitrogens with zero attached hydrogens (tertiary/aromatic N) is 1. The van der Waals surface area contributed by atoms with Crippen LogP contribution in [-0.4, -0.2) is 23.7 Å². The molecule has 0 atom stereocenters. The minimum absolute atomic E-state index is 0.0232. The van der Waals surface area contributed by atoms with Crippen LogP contribution in [0.5, 0.6) is 0 Å². The number of rotatable bonds is 5. The Hall–Kier alpha value is -3.16. The second-order valence-electron chi connectivity index (χ2n) is 6.45. The molecule has 0 radical (unpaired) electrons. The van der Waals surface area contributed by atoms with Crippen LogP contribution in [0.1, 0.15) is 48.2 Å². The van der Waals surface area contributed by atoms with Crippen LogP contribution in [0.2, 0.25) is 0 Å². The predicted molar refractivity (Wildman–Crippen MR) is 101 cm³/mol. The van der Waals surface area contributed by atoms with Gasteiger partial charge in [-0.25, -0.2) is 5.43 Å². The highest BCUT2D eigenvalue weighted by Crippen LogP contribution is 2.19. The summed E-state index contributed by atoms with van der Waals surface area (Å²) in [7, 11) is 0. The largest absolute Gasteiger partial charge is 0.471 e. The third-order valence-electron chi connectivity index (χ3n) is 3.96. The maximum Gasteiger partial charge on any atom is 0.471 e. The zero-order valence-electron chi connectivity index (χ0n) is 15.6. The molecular formula is C20H20F3N3O2. The van der Waals surface area contributed by atoms with Crippen molar-refractivity contribution in [1.82, 2.24) is 5.43 Å². The molecule has 0 aliphatic rings. The van der Waals surface area contributed by atoms with Crippen molar-refractivity contribution in [2.75, 3.05) is 5.32 Å². The van der Waals surface area contributed by atoms with Gasteiger partial charge in [0, 0.05) is 11.3 Å². The molecule has 5 nitrogen and oxygen atoms in total. The van der Waals surface area contributed by atoms with Gasteiger partial charge in [0.05, 0.1) is 5.71 Å². The average Bonchev–Trinajstić information content (AvgIpc) is 2.65. The number of benzene rings is 2. The second kappa shape index (κ2) is 8.69. The minimum Gasteiger partial charge on any atom is -0.318 e. The second-order valence-corrected chi connectivity index (χ2v) is 6.45. The molecule has 0 aliphatic heterocycles. The van der Waals surface area contributed by atoms with Crippen molar-refractivity contribution >= 4 is 23.2 Å². The maximum atomic E-state index is 12.4. The molecule has 2 aromatic rings. The smallest absolute Gasteiger partial charge is 0.318 e. The first kappa shape index (κ1) is 21.1. The molecule has 0 aliphatic carbocycles. The molecule has 0 saturated carbocycles. The Labute approximate surface area is 160 Å². The van der Waals surface area contributed by atoms with Crippen LogP contribution in [0, 0.1) is 0 Å². The predicted octanol–water partition coefficient (Wildman–Crippen LogP) is 4.46. The number of nitrogens with one attached hydrogen (secondary N) is 2. The van der Waals surface area contributed by atoms with E-state index in [1.165, 1.54) is 18.2 Å². The molecular weight excluding hydrogens is 371 g/mol. The van der Waals surface area contributed by atoms with Crippen LogP contribution in [0.4, 0.5) is 18.9 Å². The van der Waals surface area contributed by atoms with Gasteiger partial charge in [0.15, 0.2) is 0 Å². The summed E-state index contributed by atoms with van der Waals surface area (Å²) in [4.78, 5) is 23.2. The summed E-state index contributed by atoms with van der Waals surface area (Å²) in [5, 5.41) is 5.76. The number of carbonyl (C=O) groups excluding carboxylic acids is 2. The molecule has 28 heavy (non-hydrogen) atoms. The van der Waals surface area contributed by atoms with E-state index in [0.29, 0.717) is 22.8 Å². The quantitative estimate of drug-likeness (QED) is 0.583. The van der Waals surface area contributed by atoms with Gasteiger partial charge in [-0.05, 0) is 48.2 Å². The van der Waals surface area contributed by atoms with E-state index >= 15 is 0 Å². The van der Waals surface area contributed by atoms with Gasteiger partial charge in [-0.15, -0.1) is 0 Å². The Morgan fingerprint density at radius 1 is 1.00 bits per heavy atom. The standard InChI is InChI=1S/C20H20F3N3O2/c1-12(2)14-7-9-15(10-8-14)18(27)26-25-13(3)16-5-4-6-17(11-16)24-19(28)20(21,22)23/h4-12H,1-3H3,(H,24,28)(H,26,27)/b25-13-. The molecule has 2 rings (SSSR count). The molecule has 0 unspecified atom stereocenters. The Kier molecular flexibility index (Phi) is 6.56. The molecule has 2 N–H and O–H groups in total. The van der Waals surface area contributed by atoms with Gasteiger partial charge < -0.3 is 5.32 Å². The molecule has 2 amide bonds. The Morgan fingerprint density at radius 2 is 1.64 bits per heavy atom. The summed E-state index contributed by atoms with van der Waals surface area (Å²) in [6.07, 6.45) is -4.97. The molecule has 2 aromatic carbocycles. The summed E-state index contributed by atoms with van der Waals surface area (Å²) in [6, 6.07) is 12.9. The highest BCUT2D eigenvalue weighted by Gasteiger charge is 2.38. The van der Waals surface area contributed by atoms with Gasteiger partial charge in [0.1, 0.15) is 0 Å². The van der Waals surface area contributed by atoms with E-state index in [1.807, 2.05) is 26.0 Å². The first-order valence-corrected chi connectivity index (χ1v) is 8.51. The summed E-state index contributed by atoms with van der Waals surface area (Å²) >= 11 is 0. The van der Waals surface area contributed by atoms with Gasteiger partial charge >= 0.3 is 12.1 Å². The van der Waals surface area contributed by atoms with E-state index < -0.39 is 18.0 Å². The number of hydrazone groups is 1. The summed E-state index contributed by atoms with van der Waals surface area (Å²) in [5.74, 6) is -2.11. The number of halogens is 3. The normalized spacial score (nSPS) is 12.0. The van der Waals surface area contributed by atoms with Crippen LogP contribution in [-0.2, 0) is 4.79 Å². The van der Waals surface area contributed by atoms with E-state index in [2.05, 4.69) is 10.5 Å². The number of alkyl halides is 3. The lowest BCUT2D eigenvalue weighted by Crippen LogP contribution is -2.29. The van der Waals surface area contributed by atoms with Crippen LogP contribution >= 0.6 is 0 Å². The Balaban J connectivity index is 2.07. The van der Waals surface area contributed by atoms with Crippen LogP contribution < -0.4 is 10.7 Å². The number of hydrogen-bond donors (Lipinski definition) is 2. The first-order valence-electron chi connectivity index (χ1n) is 8.51. The monoisotopic (exact) mass is 391 g/mol. The van der Waals surface area contributed by atoms with Crippen LogP contribution in [0.3, 0.4) is 0 Å². The lowest BCUT2D eigenvalue weighted by molar-refractivity contribution is -0.167. The molecule has 0 bridgehead atoms. The van der Waals surface area contributed by atoms with Gasteiger partial charge in [-0.2, -0.15) is 18.3 Å². The van der Waals surface area contributed by atoms with Crippen molar-refractivity contribution in [2.24, 2.45) is 5.10 Å². The van der Waals surface area contributed by atoms with Crippen molar-refractivity contribution in [3.8, 4) is 0 Å². The molecule has 0 aromatic heterocycles. The van der Waals surface area contributed by atoms with Crippen molar-refractivity contribution in [2.45, 2.75) is 32.9 Å². The zero-order chi connectivity index (χ0) is 20.9. The van der Waals surface area contributed by atoms with E-state index in [1.54, 1.807) is 30.4 Å². The van der Waals surface area contributed by atoms with Crippen LogP contribution in [0.25, 0.3) is 0 Å². The molecule has 0 heterocycles. The van der Waals surface area contributed by atoms with Gasteiger partial charge in [0.2, 0.25) is 0 Å². The Morgan fingerprint density at radius 3 is 2.21 bits per heavy atom. The van der Waals surface area contributed by atoms with Crippen molar-refractivity contribution < 1.29 is 22.8 Å². The number of amides is 2. The third-order valence-corrected chi connectivity index (χ3v) is 3.96. The van der Waals surface area contributed by atoms with E-state index in [4.69, 9.17) is 0 Å². The van der Waals surface area contributed by atoms with E-state index in [9.17, 15) is 22.8 Å². The van der Waals surface area contributed by atoms with Crippen molar-refractivity contribution in [3.05, 3.63) is 65.2 Å². The fourth-order valence-electron chi connectivity index (χ4n) is 2.31. The van der Waals surface area contributed by atoms with E-state index in [0.717, 1.165) is 5.56 Å². The zero-order valence-corrected chi connectivity index (χ0v) is 15.6. The average molecular weight is 391 g/mol. The molecule has 148 valence electrons. The number of hydrogen-bond acceptors (Lipinski definition) is 3.